The highest BCUT2D eigenvalue weighted by atomic mass is 32.2. The molecule has 0 fully saturated rings. The van der Waals surface area contributed by atoms with E-state index in [1.807, 2.05) is 0 Å². The number of primary amides is 1. The average molecular weight is 284 g/mol. The number of fused-ring (bicyclic) bond motifs is 1. The molecule has 0 aliphatic carbocycles. The molecule has 1 aromatic heterocycles. The number of azo groups is 1. The highest BCUT2D eigenvalue weighted by Gasteiger charge is 2.15. The van der Waals surface area contributed by atoms with Gasteiger partial charge in [0.25, 0.3) is 10.1 Å². The van der Waals surface area contributed by atoms with Crippen molar-refractivity contribution in [3.63, 3.8) is 0 Å². The minimum atomic E-state index is -4.39. The third-order valence-corrected chi connectivity index (χ3v) is 3.12. The lowest BCUT2D eigenvalue weighted by atomic mass is 10.2. The van der Waals surface area contributed by atoms with E-state index in [1.165, 1.54) is 6.07 Å². The van der Waals surface area contributed by atoms with Gasteiger partial charge in [0.2, 0.25) is 5.88 Å². The molecule has 0 saturated carbocycles. The third kappa shape index (κ3) is 2.53. The monoisotopic (exact) mass is 284 g/mol. The third-order valence-electron chi connectivity index (χ3n) is 2.27. The van der Waals surface area contributed by atoms with E-state index in [-0.39, 0.29) is 16.0 Å². The van der Waals surface area contributed by atoms with E-state index in [0.717, 1.165) is 12.1 Å². The van der Waals surface area contributed by atoms with Crippen molar-refractivity contribution >= 4 is 32.7 Å². The summed E-state index contributed by atoms with van der Waals surface area (Å²) in [6, 6.07) is 2.47. The lowest BCUT2D eigenvalue weighted by Crippen LogP contribution is -2.01. The molecule has 2 aromatic rings. The zero-order valence-electron chi connectivity index (χ0n) is 9.23. The maximum atomic E-state index is 11.0. The van der Waals surface area contributed by atoms with Gasteiger partial charge in [0.15, 0.2) is 5.69 Å². The Labute approximate surface area is 106 Å². The first-order valence-electron chi connectivity index (χ1n) is 4.82. The van der Waals surface area contributed by atoms with Gasteiger partial charge in [0, 0.05) is 5.39 Å². The summed E-state index contributed by atoms with van der Waals surface area (Å²) < 4.78 is 31.0. The number of aromatic amines is 1. The molecule has 0 aliphatic rings. The standard InChI is InChI=1S/C9H8N4O5S/c10-9(15)13-12-7-5-3-4(19(16,17)18)1-2-6(5)11-8(7)14/h1-3,11,14H,(H2,10,15)(H,16,17,18). The molecule has 1 heterocycles. The van der Waals surface area contributed by atoms with Crippen LogP contribution in [0.25, 0.3) is 10.9 Å². The summed E-state index contributed by atoms with van der Waals surface area (Å²) in [7, 11) is -4.39. The Morgan fingerprint density at radius 3 is 2.63 bits per heavy atom. The first-order chi connectivity index (χ1) is 8.79. The van der Waals surface area contributed by atoms with Gasteiger partial charge in [-0.05, 0) is 18.2 Å². The summed E-state index contributed by atoms with van der Waals surface area (Å²) in [4.78, 5) is 12.6. The van der Waals surface area contributed by atoms with Gasteiger partial charge in [-0.2, -0.15) is 8.42 Å². The lowest BCUT2D eigenvalue weighted by Gasteiger charge is -1.97. The Balaban J connectivity index is 2.70. The molecule has 0 bridgehead atoms. The van der Waals surface area contributed by atoms with Crippen LogP contribution in [0.5, 0.6) is 5.88 Å². The van der Waals surface area contributed by atoms with Crippen LogP contribution in [-0.4, -0.2) is 29.1 Å². The van der Waals surface area contributed by atoms with Gasteiger partial charge in [-0.1, -0.05) is 5.11 Å². The van der Waals surface area contributed by atoms with Gasteiger partial charge in [0.1, 0.15) is 0 Å². The summed E-state index contributed by atoms with van der Waals surface area (Å²) in [5.41, 5.74) is 4.97. The van der Waals surface area contributed by atoms with Crippen LogP contribution in [-0.2, 0) is 10.1 Å². The molecule has 0 saturated heterocycles. The van der Waals surface area contributed by atoms with Gasteiger partial charge in [-0.3, -0.25) is 4.55 Å². The number of carbonyl (C=O) groups excluding carboxylic acids is 1. The molecule has 1 aromatic carbocycles. The average Bonchev–Trinajstić information content (AvgIpc) is 2.59. The van der Waals surface area contributed by atoms with E-state index in [9.17, 15) is 18.3 Å². The van der Waals surface area contributed by atoms with Crippen molar-refractivity contribution in [2.24, 2.45) is 16.0 Å². The normalized spacial score (nSPS) is 12.3. The predicted molar refractivity (Wildman–Crippen MR) is 63.9 cm³/mol. The number of nitrogens with zero attached hydrogens (tertiary/aromatic N) is 2. The zero-order chi connectivity index (χ0) is 14.2. The molecule has 100 valence electrons. The van der Waals surface area contributed by atoms with Crippen LogP contribution in [0.2, 0.25) is 0 Å². The van der Waals surface area contributed by atoms with E-state index in [0.29, 0.717) is 5.52 Å². The molecule has 2 amide bonds. The summed E-state index contributed by atoms with van der Waals surface area (Å²) in [5.74, 6) is -0.410. The molecular formula is C9H8N4O5S. The van der Waals surface area contributed by atoms with Gasteiger partial charge in [-0.15, -0.1) is 5.11 Å². The molecule has 0 aliphatic heterocycles. The Morgan fingerprint density at radius 2 is 2.05 bits per heavy atom. The number of rotatable bonds is 2. The SMILES string of the molecule is NC(=O)N=Nc1c(O)[nH]c2ccc(S(=O)(=O)O)cc12. The molecule has 0 spiro atoms. The molecular weight excluding hydrogens is 276 g/mol. The van der Waals surface area contributed by atoms with E-state index < -0.39 is 22.0 Å². The fourth-order valence-electron chi connectivity index (χ4n) is 1.50. The molecule has 10 heteroatoms. The van der Waals surface area contributed by atoms with Crippen molar-refractivity contribution in [2.45, 2.75) is 4.90 Å². The smallest absolute Gasteiger partial charge is 0.356 e. The van der Waals surface area contributed by atoms with Gasteiger partial charge < -0.3 is 15.8 Å². The first-order valence-corrected chi connectivity index (χ1v) is 6.26. The molecule has 5 N–H and O–H groups in total. The second-order valence-electron chi connectivity index (χ2n) is 3.54. The number of nitrogens with one attached hydrogen (secondary N) is 1. The number of aromatic hydroxyl groups is 1. The van der Waals surface area contributed by atoms with E-state index in [1.54, 1.807) is 0 Å². The van der Waals surface area contributed by atoms with Crippen LogP contribution in [0.15, 0.2) is 33.3 Å². The van der Waals surface area contributed by atoms with Crippen LogP contribution >= 0.6 is 0 Å². The summed E-state index contributed by atoms with van der Waals surface area (Å²) >= 11 is 0. The summed E-state index contributed by atoms with van der Waals surface area (Å²) in [6.07, 6.45) is 0. The number of H-pyrrole nitrogens is 1. The van der Waals surface area contributed by atoms with Crippen LogP contribution in [0.4, 0.5) is 10.5 Å². The van der Waals surface area contributed by atoms with E-state index in [2.05, 4.69) is 15.2 Å². The highest BCUT2D eigenvalue weighted by Crippen LogP contribution is 2.36. The maximum absolute atomic E-state index is 11.0. The zero-order valence-corrected chi connectivity index (χ0v) is 10.0. The Hall–Kier alpha value is -2.46. The molecule has 19 heavy (non-hydrogen) atoms. The Morgan fingerprint density at radius 1 is 1.37 bits per heavy atom. The molecule has 0 atom stereocenters. The van der Waals surface area contributed by atoms with Gasteiger partial charge >= 0.3 is 6.03 Å². The quantitative estimate of drug-likeness (QED) is 0.482. The van der Waals surface area contributed by atoms with Crippen LogP contribution in [0.3, 0.4) is 0 Å². The van der Waals surface area contributed by atoms with Crippen molar-refractivity contribution < 1.29 is 22.9 Å². The van der Waals surface area contributed by atoms with Gasteiger partial charge in [-0.25, -0.2) is 4.79 Å². The second-order valence-corrected chi connectivity index (χ2v) is 4.96. The van der Waals surface area contributed by atoms with Crippen LogP contribution in [0, 0.1) is 0 Å². The topological polar surface area (TPSA) is 158 Å². The number of carbonyl (C=O) groups is 1. The number of hydrogen-bond acceptors (Lipinski definition) is 5. The number of amides is 2. The van der Waals surface area contributed by atoms with Crippen molar-refractivity contribution in [3.8, 4) is 5.88 Å². The first kappa shape index (κ1) is 13.0. The number of hydrogen-bond donors (Lipinski definition) is 4. The van der Waals surface area contributed by atoms with Gasteiger partial charge in [0.05, 0.1) is 10.4 Å². The van der Waals surface area contributed by atoms with Crippen LogP contribution < -0.4 is 5.73 Å². The Kier molecular flexibility index (Phi) is 2.96. The molecule has 0 unspecified atom stereocenters. The van der Waals surface area contributed by atoms with E-state index >= 15 is 0 Å². The number of urea groups is 1. The lowest BCUT2D eigenvalue weighted by molar-refractivity contribution is 0.255. The maximum Gasteiger partial charge on any atom is 0.356 e. The highest BCUT2D eigenvalue weighted by molar-refractivity contribution is 7.85. The number of benzene rings is 1. The summed E-state index contributed by atoms with van der Waals surface area (Å²) in [6.45, 7) is 0. The predicted octanol–water partition coefficient (Wildman–Crippen LogP) is 1.28. The van der Waals surface area contributed by atoms with E-state index in [4.69, 9.17) is 10.3 Å². The molecule has 9 nitrogen and oxygen atoms in total. The molecule has 0 radical (unpaired) electrons. The minimum Gasteiger partial charge on any atom is -0.493 e. The second kappa shape index (κ2) is 4.33. The molecule has 2 rings (SSSR count). The number of nitrogens with two attached hydrogens (primary N) is 1. The fraction of sp³-hybridized carbons (Fsp3) is 0. The fourth-order valence-corrected chi connectivity index (χ4v) is 2.01. The summed E-state index contributed by atoms with van der Waals surface area (Å²) in [5, 5.41) is 16.2. The van der Waals surface area contributed by atoms with Crippen LogP contribution in [0.1, 0.15) is 0 Å². The minimum absolute atomic E-state index is 0.153. The van der Waals surface area contributed by atoms with Crippen molar-refractivity contribution in [1.82, 2.24) is 4.98 Å². The van der Waals surface area contributed by atoms with Crippen molar-refractivity contribution in [2.75, 3.05) is 0 Å². The van der Waals surface area contributed by atoms with Crippen molar-refractivity contribution in [3.05, 3.63) is 18.2 Å². The Bertz CT molecular complexity index is 792. The number of aromatic nitrogens is 1. The largest absolute Gasteiger partial charge is 0.493 e. The van der Waals surface area contributed by atoms with Crippen molar-refractivity contribution in [1.29, 1.82) is 0 Å².